The molecule has 0 radical (unpaired) electrons. The Bertz CT molecular complexity index is 937. The van der Waals surface area contributed by atoms with E-state index in [1.54, 1.807) is 23.5 Å². The third kappa shape index (κ3) is 4.39. The number of rotatable bonds is 7. The minimum atomic E-state index is -0.375. The van der Waals surface area contributed by atoms with Gasteiger partial charge in [0.2, 0.25) is 5.91 Å². The maximum Gasteiger partial charge on any atom is 0.237 e. The van der Waals surface area contributed by atoms with Crippen molar-refractivity contribution in [2.24, 2.45) is 0 Å². The van der Waals surface area contributed by atoms with E-state index >= 15 is 0 Å². The number of nitrogens with one attached hydrogen (secondary N) is 1. The Labute approximate surface area is 165 Å². The highest BCUT2D eigenvalue weighted by Gasteiger charge is 2.31. The van der Waals surface area contributed by atoms with E-state index in [1.165, 1.54) is 28.8 Å². The number of thiophene rings is 1. The van der Waals surface area contributed by atoms with E-state index in [0.717, 1.165) is 30.2 Å². The van der Waals surface area contributed by atoms with Crippen molar-refractivity contribution in [2.75, 3.05) is 5.32 Å². The summed E-state index contributed by atoms with van der Waals surface area (Å²) < 4.78 is 15.5. The fourth-order valence-corrected chi connectivity index (χ4v) is 4.44. The van der Waals surface area contributed by atoms with Gasteiger partial charge in [0, 0.05) is 23.0 Å². The Balaban J connectivity index is 1.46. The molecule has 1 aliphatic rings. The van der Waals surface area contributed by atoms with Crippen LogP contribution in [0.4, 0.5) is 10.1 Å². The SMILES string of the molecule is CC(Sc1nnc(Cc2cccs2)n1C1CC1)C(=O)Nc1cccc(F)c1. The first-order chi connectivity index (χ1) is 13.1. The summed E-state index contributed by atoms with van der Waals surface area (Å²) in [5.74, 6) is 0.385. The van der Waals surface area contributed by atoms with Gasteiger partial charge in [0.15, 0.2) is 5.16 Å². The molecule has 1 fully saturated rings. The summed E-state index contributed by atoms with van der Waals surface area (Å²) >= 11 is 3.10. The van der Waals surface area contributed by atoms with Gasteiger partial charge in [0.05, 0.1) is 5.25 Å². The largest absolute Gasteiger partial charge is 0.325 e. The highest BCUT2D eigenvalue weighted by atomic mass is 32.2. The monoisotopic (exact) mass is 402 g/mol. The van der Waals surface area contributed by atoms with Gasteiger partial charge in [-0.25, -0.2) is 4.39 Å². The van der Waals surface area contributed by atoms with Crippen LogP contribution in [0.2, 0.25) is 0 Å². The molecule has 0 spiro atoms. The molecule has 1 N–H and O–H groups in total. The normalized spacial score (nSPS) is 14.9. The third-order valence-electron chi connectivity index (χ3n) is 4.30. The molecule has 140 valence electrons. The number of carbonyl (C=O) groups excluding carboxylic acids is 1. The standard InChI is InChI=1S/C19H19FN4OS2/c1-12(18(25)21-14-5-2-4-13(20)10-14)27-19-23-22-17(24(19)15-7-8-15)11-16-6-3-9-26-16/h2-6,9-10,12,15H,7-8,11H2,1H3,(H,21,25). The molecule has 1 aromatic carbocycles. The molecular formula is C19H19FN4OS2. The molecule has 4 rings (SSSR count). The Morgan fingerprint density at radius 1 is 1.37 bits per heavy atom. The van der Waals surface area contributed by atoms with E-state index in [-0.39, 0.29) is 17.0 Å². The summed E-state index contributed by atoms with van der Waals surface area (Å²) in [5, 5.41) is 13.9. The minimum absolute atomic E-state index is 0.184. The van der Waals surface area contributed by atoms with Crippen LogP contribution in [0, 0.1) is 5.82 Å². The first-order valence-corrected chi connectivity index (χ1v) is 10.6. The molecule has 2 aromatic heterocycles. The molecule has 0 saturated heterocycles. The molecule has 1 unspecified atom stereocenters. The van der Waals surface area contributed by atoms with Gasteiger partial charge >= 0.3 is 0 Å². The average molecular weight is 403 g/mol. The second-order valence-electron chi connectivity index (χ2n) is 6.52. The van der Waals surface area contributed by atoms with Gasteiger partial charge in [-0.1, -0.05) is 23.9 Å². The van der Waals surface area contributed by atoms with E-state index in [1.807, 2.05) is 13.0 Å². The number of nitrogens with zero attached hydrogens (tertiary/aromatic N) is 3. The van der Waals surface area contributed by atoms with Crippen molar-refractivity contribution < 1.29 is 9.18 Å². The van der Waals surface area contributed by atoms with Gasteiger partial charge in [0.1, 0.15) is 11.6 Å². The predicted molar refractivity (Wildman–Crippen MR) is 106 cm³/mol. The highest BCUT2D eigenvalue weighted by molar-refractivity contribution is 8.00. The summed E-state index contributed by atoms with van der Waals surface area (Å²) in [5.41, 5.74) is 0.453. The molecule has 3 aromatic rings. The van der Waals surface area contributed by atoms with Crippen LogP contribution in [0.5, 0.6) is 0 Å². The van der Waals surface area contributed by atoms with Gasteiger partial charge in [-0.15, -0.1) is 21.5 Å². The molecule has 5 nitrogen and oxygen atoms in total. The number of halogens is 1. The van der Waals surface area contributed by atoms with Gasteiger partial charge in [-0.3, -0.25) is 4.79 Å². The van der Waals surface area contributed by atoms with Gasteiger partial charge in [0.25, 0.3) is 0 Å². The maximum atomic E-state index is 13.3. The Morgan fingerprint density at radius 3 is 2.93 bits per heavy atom. The van der Waals surface area contributed by atoms with Gasteiger partial charge in [-0.05, 0) is 49.4 Å². The molecular weight excluding hydrogens is 383 g/mol. The zero-order valence-corrected chi connectivity index (χ0v) is 16.4. The highest BCUT2D eigenvalue weighted by Crippen LogP contribution is 2.40. The van der Waals surface area contributed by atoms with Crippen LogP contribution in [0.3, 0.4) is 0 Å². The van der Waals surface area contributed by atoms with Crippen LogP contribution in [0.1, 0.15) is 36.5 Å². The van der Waals surface area contributed by atoms with E-state index in [9.17, 15) is 9.18 Å². The second-order valence-corrected chi connectivity index (χ2v) is 8.86. The van der Waals surface area contributed by atoms with Crippen molar-refractivity contribution in [3.63, 3.8) is 0 Å². The number of anilines is 1. The maximum absolute atomic E-state index is 13.3. The van der Waals surface area contributed by atoms with E-state index in [4.69, 9.17) is 0 Å². The number of hydrogen-bond donors (Lipinski definition) is 1. The van der Waals surface area contributed by atoms with Crippen LogP contribution in [0.25, 0.3) is 0 Å². The number of carbonyl (C=O) groups is 1. The fraction of sp³-hybridized carbons (Fsp3) is 0.316. The summed E-state index contributed by atoms with van der Waals surface area (Å²) in [6.07, 6.45) is 2.99. The van der Waals surface area contributed by atoms with Crippen LogP contribution >= 0.6 is 23.1 Å². The number of thioether (sulfide) groups is 1. The van der Waals surface area contributed by atoms with Crippen molar-refractivity contribution >= 4 is 34.7 Å². The molecule has 1 saturated carbocycles. The van der Waals surface area contributed by atoms with Crippen LogP contribution in [0.15, 0.2) is 46.9 Å². The average Bonchev–Trinajstić information content (AvgIpc) is 3.19. The van der Waals surface area contributed by atoms with Gasteiger partial charge in [-0.2, -0.15) is 0 Å². The van der Waals surface area contributed by atoms with Crippen molar-refractivity contribution in [1.29, 1.82) is 0 Å². The molecule has 27 heavy (non-hydrogen) atoms. The molecule has 1 amide bonds. The van der Waals surface area contributed by atoms with Gasteiger partial charge < -0.3 is 9.88 Å². The topological polar surface area (TPSA) is 59.8 Å². The van der Waals surface area contributed by atoms with Crippen LogP contribution < -0.4 is 5.32 Å². The zero-order valence-electron chi connectivity index (χ0n) is 14.8. The summed E-state index contributed by atoms with van der Waals surface area (Å²) in [6, 6.07) is 10.5. The predicted octanol–water partition coefficient (Wildman–Crippen LogP) is 4.52. The lowest BCUT2D eigenvalue weighted by Crippen LogP contribution is -2.23. The number of amides is 1. The van der Waals surface area contributed by atoms with E-state index in [2.05, 4.69) is 31.5 Å². The van der Waals surface area contributed by atoms with E-state index in [0.29, 0.717) is 11.7 Å². The Kier molecular flexibility index (Phi) is 5.27. The summed E-state index contributed by atoms with van der Waals surface area (Å²) in [6.45, 7) is 1.82. The number of aromatic nitrogens is 3. The summed E-state index contributed by atoms with van der Waals surface area (Å²) in [4.78, 5) is 13.7. The van der Waals surface area contributed by atoms with Crippen molar-refractivity contribution in [1.82, 2.24) is 14.8 Å². The Hall–Kier alpha value is -2.19. The second kappa shape index (κ2) is 7.82. The lowest BCUT2D eigenvalue weighted by molar-refractivity contribution is -0.115. The van der Waals surface area contributed by atoms with Crippen LogP contribution in [-0.4, -0.2) is 25.9 Å². The molecule has 0 aliphatic heterocycles. The number of hydrogen-bond acceptors (Lipinski definition) is 5. The van der Waals surface area contributed by atoms with Crippen molar-refractivity contribution in [3.05, 3.63) is 58.3 Å². The minimum Gasteiger partial charge on any atom is -0.325 e. The zero-order chi connectivity index (χ0) is 18.8. The number of benzene rings is 1. The van der Waals surface area contributed by atoms with E-state index < -0.39 is 0 Å². The van der Waals surface area contributed by atoms with Crippen LogP contribution in [-0.2, 0) is 11.2 Å². The first-order valence-electron chi connectivity index (χ1n) is 8.79. The quantitative estimate of drug-likeness (QED) is 0.590. The van der Waals surface area contributed by atoms with Crippen molar-refractivity contribution in [2.45, 2.75) is 42.6 Å². The first kappa shape index (κ1) is 18.2. The summed E-state index contributed by atoms with van der Waals surface area (Å²) in [7, 11) is 0. The molecule has 1 atom stereocenters. The Morgan fingerprint density at radius 2 is 2.22 bits per heavy atom. The molecule has 1 aliphatic carbocycles. The fourth-order valence-electron chi connectivity index (χ4n) is 2.80. The lowest BCUT2D eigenvalue weighted by atomic mass is 10.3. The third-order valence-corrected chi connectivity index (χ3v) is 6.24. The van der Waals surface area contributed by atoms with Crippen molar-refractivity contribution in [3.8, 4) is 0 Å². The smallest absolute Gasteiger partial charge is 0.237 e. The molecule has 0 bridgehead atoms. The lowest BCUT2D eigenvalue weighted by Gasteiger charge is -2.13. The molecule has 2 heterocycles. The molecule has 8 heteroatoms.